The van der Waals surface area contributed by atoms with Crippen LogP contribution in [0.25, 0.3) is 10.9 Å². The number of rotatable bonds is 6. The molecule has 1 aliphatic heterocycles. The molecule has 0 saturated carbocycles. The largest absolute Gasteiger partial charge is 0.425 e. The number of hydrogen-bond acceptors (Lipinski definition) is 6. The summed E-state index contributed by atoms with van der Waals surface area (Å²) in [6.45, 7) is 0.790. The van der Waals surface area contributed by atoms with E-state index in [9.17, 15) is 4.79 Å². The Morgan fingerprint density at radius 3 is 3.03 bits per heavy atom. The molecule has 154 valence electrons. The second-order valence-corrected chi connectivity index (χ2v) is 8.52. The molecular formula is C22H23N5O2S. The van der Waals surface area contributed by atoms with Crippen molar-refractivity contribution in [2.45, 2.75) is 44.6 Å². The summed E-state index contributed by atoms with van der Waals surface area (Å²) in [4.78, 5) is 22.6. The maximum atomic E-state index is 12.9. The zero-order chi connectivity index (χ0) is 20.3. The van der Waals surface area contributed by atoms with Crippen molar-refractivity contribution < 1.29 is 9.21 Å². The molecule has 1 fully saturated rings. The second-order valence-electron chi connectivity index (χ2n) is 7.59. The Morgan fingerprint density at radius 1 is 1.23 bits per heavy atom. The van der Waals surface area contributed by atoms with E-state index in [0.29, 0.717) is 31.0 Å². The fraction of sp³-hybridized carbons (Fsp3) is 0.364. The van der Waals surface area contributed by atoms with Gasteiger partial charge in [0.15, 0.2) is 0 Å². The van der Waals surface area contributed by atoms with Crippen LogP contribution in [0.2, 0.25) is 0 Å². The fourth-order valence-electron chi connectivity index (χ4n) is 4.14. The number of aryl methyl sites for hydroxylation is 1. The monoisotopic (exact) mass is 421 g/mol. The van der Waals surface area contributed by atoms with Gasteiger partial charge in [-0.3, -0.25) is 4.79 Å². The van der Waals surface area contributed by atoms with Crippen LogP contribution in [0.3, 0.4) is 0 Å². The van der Waals surface area contributed by atoms with Gasteiger partial charge in [-0.1, -0.05) is 18.2 Å². The molecule has 0 aliphatic carbocycles. The van der Waals surface area contributed by atoms with E-state index in [2.05, 4.69) is 26.2 Å². The highest BCUT2D eigenvalue weighted by Gasteiger charge is 2.29. The lowest BCUT2D eigenvalue weighted by Crippen LogP contribution is -2.38. The Labute approximate surface area is 178 Å². The Hall–Kier alpha value is -3.00. The number of H-pyrrole nitrogens is 1. The van der Waals surface area contributed by atoms with Crippen molar-refractivity contribution in [2.24, 2.45) is 0 Å². The highest BCUT2D eigenvalue weighted by Crippen LogP contribution is 2.32. The van der Waals surface area contributed by atoms with Crippen molar-refractivity contribution >= 4 is 28.1 Å². The molecular weight excluding hydrogens is 398 g/mol. The van der Waals surface area contributed by atoms with Gasteiger partial charge in [0.25, 0.3) is 0 Å². The van der Waals surface area contributed by atoms with Crippen molar-refractivity contribution in [2.75, 3.05) is 6.54 Å². The summed E-state index contributed by atoms with van der Waals surface area (Å²) in [5.74, 6) is 1.22. The predicted molar refractivity (Wildman–Crippen MR) is 114 cm³/mol. The van der Waals surface area contributed by atoms with Crippen LogP contribution in [-0.2, 0) is 17.6 Å². The second kappa shape index (κ2) is 8.39. The van der Waals surface area contributed by atoms with Gasteiger partial charge in [0.2, 0.25) is 17.7 Å². The van der Waals surface area contributed by atoms with Gasteiger partial charge < -0.3 is 14.3 Å². The molecule has 4 heterocycles. The van der Waals surface area contributed by atoms with Crippen LogP contribution in [-0.4, -0.2) is 37.5 Å². The van der Waals surface area contributed by atoms with E-state index in [4.69, 9.17) is 4.42 Å². The van der Waals surface area contributed by atoms with E-state index in [1.807, 2.05) is 40.9 Å². The number of thiazole rings is 1. The first-order valence-electron chi connectivity index (χ1n) is 10.3. The third kappa shape index (κ3) is 3.87. The lowest BCUT2D eigenvalue weighted by molar-refractivity contribution is -0.135. The number of para-hydroxylation sites is 1. The van der Waals surface area contributed by atoms with Crippen LogP contribution >= 0.6 is 11.3 Å². The fourth-order valence-corrected chi connectivity index (χ4v) is 4.93. The van der Waals surface area contributed by atoms with E-state index >= 15 is 0 Å². The molecule has 8 heteroatoms. The first kappa shape index (κ1) is 19.0. The van der Waals surface area contributed by atoms with E-state index < -0.39 is 0 Å². The molecule has 5 rings (SSSR count). The molecule has 1 amide bonds. The number of aromatic amines is 1. The van der Waals surface area contributed by atoms with Crippen molar-refractivity contribution in [3.8, 4) is 0 Å². The Kier molecular flexibility index (Phi) is 5.31. The van der Waals surface area contributed by atoms with Crippen LogP contribution in [0.15, 0.2) is 46.5 Å². The third-order valence-electron chi connectivity index (χ3n) is 5.64. The topological polar surface area (TPSA) is 87.9 Å². The zero-order valence-corrected chi connectivity index (χ0v) is 17.4. The summed E-state index contributed by atoms with van der Waals surface area (Å²) in [7, 11) is 0. The van der Waals surface area contributed by atoms with Crippen LogP contribution < -0.4 is 0 Å². The average Bonchev–Trinajstić information content (AvgIpc) is 3.54. The minimum Gasteiger partial charge on any atom is -0.425 e. The van der Waals surface area contributed by atoms with Crippen molar-refractivity contribution in [3.05, 3.63) is 64.4 Å². The summed E-state index contributed by atoms with van der Waals surface area (Å²) in [6, 6.07) is 8.25. The molecule has 7 nitrogen and oxygen atoms in total. The Bertz CT molecular complexity index is 1130. The highest BCUT2D eigenvalue weighted by molar-refractivity contribution is 7.09. The average molecular weight is 422 g/mol. The van der Waals surface area contributed by atoms with Crippen molar-refractivity contribution in [1.29, 1.82) is 0 Å². The van der Waals surface area contributed by atoms with E-state index in [-0.39, 0.29) is 11.9 Å². The van der Waals surface area contributed by atoms with Crippen molar-refractivity contribution in [3.63, 3.8) is 0 Å². The van der Waals surface area contributed by atoms with E-state index in [1.54, 1.807) is 11.3 Å². The van der Waals surface area contributed by atoms with Crippen LogP contribution in [0.4, 0.5) is 0 Å². The summed E-state index contributed by atoms with van der Waals surface area (Å²) in [6.07, 6.45) is 8.35. The molecule has 0 radical (unpaired) electrons. The molecule has 1 N–H and O–H groups in total. The molecule has 0 spiro atoms. The summed E-state index contributed by atoms with van der Waals surface area (Å²) in [5.41, 5.74) is 2.21. The number of likely N-dealkylation sites (tertiary alicyclic amines) is 1. The maximum Gasteiger partial charge on any atom is 0.223 e. The number of benzene rings is 1. The van der Waals surface area contributed by atoms with Gasteiger partial charge in [0, 0.05) is 48.1 Å². The van der Waals surface area contributed by atoms with Crippen LogP contribution in [0.5, 0.6) is 0 Å². The standard InChI is InChI=1S/C22H23N5O2S/c28-21(27-11-4-3-7-18(27)22-23-10-12-30-22)9-8-19-25-26-20(29-19)13-15-14-24-17-6-2-1-5-16(15)17/h1-2,5-6,10,12,14,18,24H,3-4,7-9,11,13H2. The summed E-state index contributed by atoms with van der Waals surface area (Å²) >= 11 is 1.62. The minimum absolute atomic E-state index is 0.103. The van der Waals surface area contributed by atoms with Gasteiger partial charge in [0.05, 0.1) is 12.5 Å². The number of amides is 1. The van der Waals surface area contributed by atoms with Gasteiger partial charge in [-0.25, -0.2) is 4.98 Å². The van der Waals surface area contributed by atoms with Gasteiger partial charge in [-0.15, -0.1) is 21.5 Å². The highest BCUT2D eigenvalue weighted by atomic mass is 32.1. The first-order valence-corrected chi connectivity index (χ1v) is 11.2. The smallest absolute Gasteiger partial charge is 0.223 e. The number of carbonyl (C=O) groups excluding carboxylic acids is 1. The van der Waals surface area contributed by atoms with Gasteiger partial charge in [0.1, 0.15) is 5.01 Å². The number of nitrogens with one attached hydrogen (secondary N) is 1. The molecule has 1 unspecified atom stereocenters. The molecule has 1 saturated heterocycles. The van der Waals surface area contributed by atoms with Crippen molar-refractivity contribution in [1.82, 2.24) is 25.1 Å². The van der Waals surface area contributed by atoms with Gasteiger partial charge in [-0.2, -0.15) is 0 Å². The summed E-state index contributed by atoms with van der Waals surface area (Å²) < 4.78 is 5.83. The molecule has 30 heavy (non-hydrogen) atoms. The third-order valence-corrected chi connectivity index (χ3v) is 6.51. The van der Waals surface area contributed by atoms with Crippen LogP contribution in [0.1, 0.15) is 54.1 Å². The summed E-state index contributed by atoms with van der Waals surface area (Å²) in [5, 5.41) is 12.5. The molecule has 1 aliphatic rings. The quantitative estimate of drug-likeness (QED) is 0.502. The number of nitrogens with zero attached hydrogens (tertiary/aromatic N) is 4. The normalized spacial score (nSPS) is 16.9. The lowest BCUT2D eigenvalue weighted by Gasteiger charge is -2.34. The predicted octanol–water partition coefficient (Wildman–Crippen LogP) is 4.28. The molecule has 1 aromatic carbocycles. The molecule has 1 atom stereocenters. The number of aromatic nitrogens is 4. The van der Waals surface area contributed by atoms with E-state index in [1.165, 1.54) is 0 Å². The SMILES string of the molecule is O=C(CCc1nnc(Cc2c[nH]c3ccccc23)o1)N1CCCCC1c1nccs1. The number of fused-ring (bicyclic) bond motifs is 1. The molecule has 0 bridgehead atoms. The number of piperidine rings is 1. The molecule has 4 aromatic rings. The Balaban J connectivity index is 1.22. The number of hydrogen-bond donors (Lipinski definition) is 1. The lowest BCUT2D eigenvalue weighted by atomic mass is 10.0. The zero-order valence-electron chi connectivity index (χ0n) is 16.6. The van der Waals surface area contributed by atoms with E-state index in [0.717, 1.165) is 47.3 Å². The maximum absolute atomic E-state index is 12.9. The van der Waals surface area contributed by atoms with Gasteiger partial charge in [-0.05, 0) is 30.9 Å². The Morgan fingerprint density at radius 2 is 2.13 bits per heavy atom. The van der Waals surface area contributed by atoms with Crippen LogP contribution in [0, 0.1) is 0 Å². The minimum atomic E-state index is 0.103. The number of carbonyl (C=O) groups is 1. The molecule has 3 aromatic heterocycles. The first-order chi connectivity index (χ1) is 14.8. The van der Waals surface area contributed by atoms with Gasteiger partial charge >= 0.3 is 0 Å².